The van der Waals surface area contributed by atoms with Crippen LogP contribution in [0.25, 0.3) is 0 Å². The number of rotatable bonds is 9. The number of nitrogens with one attached hydrogen (secondary N) is 2. The first kappa shape index (κ1) is 23.1. The van der Waals surface area contributed by atoms with Crippen molar-refractivity contribution in [2.24, 2.45) is 0 Å². The van der Waals surface area contributed by atoms with E-state index in [1.807, 2.05) is 56.3 Å². The maximum Gasteiger partial charge on any atom is 0.229 e. The minimum Gasteiger partial charge on any atom is -0.492 e. The zero-order chi connectivity index (χ0) is 23.2. The zero-order valence-electron chi connectivity index (χ0n) is 19.3. The van der Waals surface area contributed by atoms with Gasteiger partial charge < -0.3 is 20.1 Å². The third kappa shape index (κ3) is 5.86. The first-order valence-corrected chi connectivity index (χ1v) is 11.7. The quantitative estimate of drug-likeness (QED) is 0.412. The van der Waals surface area contributed by atoms with Crippen LogP contribution in [0.5, 0.6) is 11.5 Å². The van der Waals surface area contributed by atoms with Crippen LogP contribution in [0.3, 0.4) is 0 Å². The highest BCUT2D eigenvalue weighted by molar-refractivity contribution is 6.32. The molecule has 0 bridgehead atoms. The summed E-state index contributed by atoms with van der Waals surface area (Å²) >= 11 is 6.34. The second-order valence-corrected chi connectivity index (χ2v) is 8.38. The van der Waals surface area contributed by atoms with Gasteiger partial charge in [-0.25, -0.2) is 4.98 Å². The molecule has 0 spiro atoms. The monoisotopic (exact) mass is 467 g/mol. The van der Waals surface area contributed by atoms with Gasteiger partial charge in [0.1, 0.15) is 22.6 Å². The van der Waals surface area contributed by atoms with Crippen LogP contribution in [0.15, 0.2) is 48.7 Å². The number of aryl methyl sites for hydroxylation is 1. The van der Waals surface area contributed by atoms with E-state index in [0.29, 0.717) is 29.1 Å². The second-order valence-electron chi connectivity index (χ2n) is 7.97. The smallest absolute Gasteiger partial charge is 0.229 e. The molecule has 3 aromatic rings. The van der Waals surface area contributed by atoms with Gasteiger partial charge in [-0.2, -0.15) is 4.98 Å². The van der Waals surface area contributed by atoms with Crippen LogP contribution in [0.2, 0.25) is 5.02 Å². The number of halogens is 1. The van der Waals surface area contributed by atoms with E-state index in [-0.39, 0.29) is 6.10 Å². The predicted octanol–water partition coefficient (Wildman–Crippen LogP) is 5.80. The second kappa shape index (κ2) is 10.7. The maximum atomic E-state index is 6.34. The molecule has 4 rings (SSSR count). The van der Waals surface area contributed by atoms with Crippen molar-refractivity contribution in [2.75, 3.05) is 36.9 Å². The summed E-state index contributed by atoms with van der Waals surface area (Å²) in [4.78, 5) is 11.3. The molecule has 1 fully saturated rings. The van der Waals surface area contributed by atoms with Gasteiger partial charge in [-0.05, 0) is 50.6 Å². The number of aromatic nitrogens is 2. The number of ether oxygens (including phenoxy) is 2. The van der Waals surface area contributed by atoms with Crippen LogP contribution in [-0.4, -0.2) is 47.2 Å². The van der Waals surface area contributed by atoms with Crippen LogP contribution >= 0.6 is 11.6 Å². The molecular formula is C25H30ClN5O2. The first-order valence-electron chi connectivity index (χ1n) is 11.3. The van der Waals surface area contributed by atoms with E-state index < -0.39 is 0 Å². The summed E-state index contributed by atoms with van der Waals surface area (Å²) in [5, 5.41) is 6.98. The van der Waals surface area contributed by atoms with E-state index in [1.54, 1.807) is 6.20 Å². The Balaban J connectivity index is 1.51. The van der Waals surface area contributed by atoms with E-state index in [9.17, 15) is 0 Å². The molecule has 1 aliphatic heterocycles. The number of likely N-dealkylation sites (N-methyl/N-ethyl adjacent to an activating group) is 1. The largest absolute Gasteiger partial charge is 0.492 e. The van der Waals surface area contributed by atoms with Gasteiger partial charge in [-0.15, -0.1) is 0 Å². The van der Waals surface area contributed by atoms with E-state index in [1.165, 1.54) is 0 Å². The Labute approximate surface area is 200 Å². The average Bonchev–Trinajstić information content (AvgIpc) is 3.27. The summed E-state index contributed by atoms with van der Waals surface area (Å²) in [5.74, 6) is 2.43. The van der Waals surface area contributed by atoms with Gasteiger partial charge in [-0.3, -0.25) is 4.90 Å². The van der Waals surface area contributed by atoms with Gasteiger partial charge in [0.05, 0.1) is 18.5 Å². The van der Waals surface area contributed by atoms with Crippen molar-refractivity contribution in [2.45, 2.75) is 33.3 Å². The molecule has 174 valence electrons. The summed E-state index contributed by atoms with van der Waals surface area (Å²) < 4.78 is 12.1. The van der Waals surface area contributed by atoms with E-state index in [2.05, 4.69) is 32.4 Å². The molecule has 0 amide bonds. The first-order chi connectivity index (χ1) is 16.1. The summed E-state index contributed by atoms with van der Waals surface area (Å²) in [6.45, 7) is 9.77. The molecule has 0 aliphatic carbocycles. The third-order valence-electron chi connectivity index (χ3n) is 5.62. The molecule has 1 unspecified atom stereocenters. The summed E-state index contributed by atoms with van der Waals surface area (Å²) in [7, 11) is 0. The fourth-order valence-corrected chi connectivity index (χ4v) is 3.94. The SMILES string of the molecule is CCOc1cc(OC2CCN(CC)C2)ccc1Nc1ncc(Cl)c(Nc2ccccc2C)n1. The molecule has 8 heteroatoms. The Morgan fingerprint density at radius 3 is 2.73 bits per heavy atom. The molecule has 1 saturated heterocycles. The Hall–Kier alpha value is -3.03. The van der Waals surface area contributed by atoms with Crippen molar-refractivity contribution in [3.8, 4) is 11.5 Å². The molecule has 7 nitrogen and oxygen atoms in total. The van der Waals surface area contributed by atoms with Crippen LogP contribution in [0, 0.1) is 6.92 Å². The summed E-state index contributed by atoms with van der Waals surface area (Å²) in [6, 6.07) is 13.8. The van der Waals surface area contributed by atoms with Crippen LogP contribution in [-0.2, 0) is 0 Å². The van der Waals surface area contributed by atoms with Crippen molar-refractivity contribution in [3.05, 3.63) is 59.2 Å². The lowest BCUT2D eigenvalue weighted by Gasteiger charge is -2.18. The van der Waals surface area contributed by atoms with E-state index in [0.717, 1.165) is 48.7 Å². The molecule has 2 heterocycles. The van der Waals surface area contributed by atoms with Gasteiger partial charge in [0.25, 0.3) is 0 Å². The Morgan fingerprint density at radius 2 is 1.97 bits per heavy atom. The lowest BCUT2D eigenvalue weighted by atomic mass is 10.2. The molecule has 2 aromatic carbocycles. The molecule has 0 radical (unpaired) electrons. The lowest BCUT2D eigenvalue weighted by molar-refractivity contribution is 0.201. The van der Waals surface area contributed by atoms with Gasteiger partial charge in [0, 0.05) is 24.8 Å². The number of likely N-dealkylation sites (tertiary alicyclic amines) is 1. The van der Waals surface area contributed by atoms with E-state index >= 15 is 0 Å². The number of hydrogen-bond donors (Lipinski definition) is 2. The molecule has 2 N–H and O–H groups in total. The van der Waals surface area contributed by atoms with Crippen LogP contribution < -0.4 is 20.1 Å². The molecule has 1 aliphatic rings. The Bertz CT molecular complexity index is 1090. The number of para-hydroxylation sites is 1. The fourth-order valence-electron chi connectivity index (χ4n) is 3.80. The highest BCUT2D eigenvalue weighted by Gasteiger charge is 2.23. The number of hydrogen-bond acceptors (Lipinski definition) is 7. The number of nitrogens with zero attached hydrogens (tertiary/aromatic N) is 3. The standard InChI is InChI=1S/C25H30ClN5O2/c1-4-31-13-12-19(16-31)33-18-10-11-22(23(14-18)32-5-2)29-25-27-15-20(26)24(30-25)28-21-9-7-6-8-17(21)3/h6-11,14-15,19H,4-5,12-13,16H2,1-3H3,(H2,27,28,29,30). The van der Waals surface area contributed by atoms with Crippen molar-refractivity contribution < 1.29 is 9.47 Å². The van der Waals surface area contributed by atoms with Crippen molar-refractivity contribution >= 4 is 34.7 Å². The van der Waals surface area contributed by atoms with Gasteiger partial charge >= 0.3 is 0 Å². The van der Waals surface area contributed by atoms with Crippen LogP contribution in [0.1, 0.15) is 25.8 Å². The normalized spacial score (nSPS) is 15.9. The Kier molecular flexibility index (Phi) is 7.52. The third-order valence-corrected chi connectivity index (χ3v) is 5.90. The average molecular weight is 468 g/mol. The molecule has 1 aromatic heterocycles. The van der Waals surface area contributed by atoms with Crippen molar-refractivity contribution in [3.63, 3.8) is 0 Å². The number of anilines is 4. The Morgan fingerprint density at radius 1 is 1.12 bits per heavy atom. The number of benzene rings is 2. The molecule has 33 heavy (non-hydrogen) atoms. The lowest BCUT2D eigenvalue weighted by Crippen LogP contribution is -2.24. The summed E-state index contributed by atoms with van der Waals surface area (Å²) in [6.07, 6.45) is 2.81. The molecule has 1 atom stereocenters. The zero-order valence-corrected chi connectivity index (χ0v) is 20.0. The topological polar surface area (TPSA) is 71.5 Å². The minimum absolute atomic E-state index is 0.202. The summed E-state index contributed by atoms with van der Waals surface area (Å²) in [5.41, 5.74) is 2.80. The van der Waals surface area contributed by atoms with Gasteiger partial charge in [0.15, 0.2) is 5.82 Å². The molecule has 0 saturated carbocycles. The van der Waals surface area contributed by atoms with Gasteiger partial charge in [0.2, 0.25) is 5.95 Å². The van der Waals surface area contributed by atoms with Gasteiger partial charge in [-0.1, -0.05) is 36.7 Å². The highest BCUT2D eigenvalue weighted by Crippen LogP contribution is 2.33. The van der Waals surface area contributed by atoms with Crippen molar-refractivity contribution in [1.82, 2.24) is 14.9 Å². The minimum atomic E-state index is 0.202. The highest BCUT2D eigenvalue weighted by atomic mass is 35.5. The van der Waals surface area contributed by atoms with E-state index in [4.69, 9.17) is 21.1 Å². The van der Waals surface area contributed by atoms with Crippen LogP contribution in [0.4, 0.5) is 23.1 Å². The molecular weight excluding hydrogens is 438 g/mol. The fraction of sp³-hybridized carbons (Fsp3) is 0.360. The maximum absolute atomic E-state index is 6.34. The predicted molar refractivity (Wildman–Crippen MR) is 134 cm³/mol. The van der Waals surface area contributed by atoms with Crippen molar-refractivity contribution in [1.29, 1.82) is 0 Å².